The Labute approximate surface area is 180 Å². The number of thiophene rings is 1. The van der Waals surface area contributed by atoms with Gasteiger partial charge in [0.05, 0.1) is 16.3 Å². The van der Waals surface area contributed by atoms with Crippen molar-refractivity contribution in [2.24, 2.45) is 0 Å². The van der Waals surface area contributed by atoms with Crippen LogP contribution in [0.25, 0.3) is 10.8 Å². The van der Waals surface area contributed by atoms with Gasteiger partial charge in [0, 0.05) is 26.2 Å². The molecule has 1 saturated heterocycles. The Morgan fingerprint density at radius 3 is 2.57 bits per heavy atom. The Morgan fingerprint density at radius 2 is 1.80 bits per heavy atom. The van der Waals surface area contributed by atoms with Crippen LogP contribution in [0.1, 0.15) is 29.9 Å². The summed E-state index contributed by atoms with van der Waals surface area (Å²) in [5.74, 6) is 1.10. The van der Waals surface area contributed by atoms with E-state index in [9.17, 15) is 8.42 Å². The van der Waals surface area contributed by atoms with Crippen LogP contribution < -0.4 is 0 Å². The summed E-state index contributed by atoms with van der Waals surface area (Å²) >= 11 is 1.56. The molecule has 1 aliphatic carbocycles. The highest BCUT2D eigenvalue weighted by molar-refractivity contribution is 7.89. The average Bonchev–Trinajstić information content (AvgIpc) is 3.46. The maximum Gasteiger partial charge on any atom is 0.257 e. The highest BCUT2D eigenvalue weighted by Crippen LogP contribution is 2.27. The maximum atomic E-state index is 13.1. The number of rotatable bonds is 5. The van der Waals surface area contributed by atoms with Crippen LogP contribution in [0.4, 0.5) is 0 Å². The largest absolute Gasteiger partial charge is 0.419 e. The predicted octanol–water partition coefficient (Wildman–Crippen LogP) is 3.18. The summed E-state index contributed by atoms with van der Waals surface area (Å²) in [7, 11) is -3.46. The van der Waals surface area contributed by atoms with Crippen molar-refractivity contribution < 1.29 is 12.8 Å². The molecule has 9 heteroatoms. The topological polar surface area (TPSA) is 79.5 Å². The number of nitrogens with zero attached hydrogens (tertiary/aromatic N) is 4. The monoisotopic (exact) mass is 444 g/mol. The van der Waals surface area contributed by atoms with E-state index < -0.39 is 10.0 Å². The van der Waals surface area contributed by atoms with Crippen LogP contribution in [0.15, 0.2) is 45.0 Å². The van der Waals surface area contributed by atoms with Gasteiger partial charge in [-0.25, -0.2) is 8.42 Å². The number of sulfonamides is 1. The standard InChI is InChI=1S/C21H24N4O3S2/c26-30(27,18-8-7-16-4-1-2-5-17(16)14-18)25-11-9-24(10-12-25)15-20-22-23-21(28-20)19-6-3-13-29-19/h3,6-8,13-14H,1-2,4-5,9-12,15H2. The maximum absolute atomic E-state index is 13.1. The third-order valence-electron chi connectivity index (χ3n) is 5.85. The molecule has 0 spiro atoms. The fraction of sp³-hybridized carbons (Fsp3) is 0.429. The number of piperazine rings is 1. The number of aromatic nitrogens is 2. The van der Waals surface area contributed by atoms with Crippen molar-refractivity contribution in [1.29, 1.82) is 0 Å². The predicted molar refractivity (Wildman–Crippen MR) is 115 cm³/mol. The third-order valence-corrected chi connectivity index (χ3v) is 8.60. The van der Waals surface area contributed by atoms with Gasteiger partial charge in [-0.05, 0) is 60.4 Å². The molecule has 0 atom stereocenters. The molecule has 0 bridgehead atoms. The molecule has 2 aliphatic rings. The Bertz CT molecular complexity index is 1120. The summed E-state index contributed by atoms with van der Waals surface area (Å²) in [6.07, 6.45) is 4.36. The van der Waals surface area contributed by atoms with Gasteiger partial charge in [-0.1, -0.05) is 12.1 Å². The average molecular weight is 445 g/mol. The molecule has 7 nitrogen and oxygen atoms in total. The zero-order valence-corrected chi connectivity index (χ0v) is 18.3. The number of aryl methyl sites for hydroxylation is 2. The van der Waals surface area contributed by atoms with Crippen molar-refractivity contribution in [3.05, 3.63) is 52.7 Å². The van der Waals surface area contributed by atoms with Crippen LogP contribution in [0, 0.1) is 0 Å². The Hall–Kier alpha value is -2.07. The van der Waals surface area contributed by atoms with Crippen LogP contribution >= 0.6 is 11.3 Å². The van der Waals surface area contributed by atoms with Gasteiger partial charge in [-0.15, -0.1) is 21.5 Å². The van der Waals surface area contributed by atoms with Gasteiger partial charge in [-0.3, -0.25) is 4.90 Å². The molecule has 0 amide bonds. The number of hydrogen-bond donors (Lipinski definition) is 0. The molecule has 5 rings (SSSR count). The van der Waals surface area contributed by atoms with E-state index in [4.69, 9.17) is 4.42 Å². The van der Waals surface area contributed by atoms with Crippen LogP contribution in [-0.4, -0.2) is 54.0 Å². The fourth-order valence-electron chi connectivity index (χ4n) is 4.16. The highest BCUT2D eigenvalue weighted by Gasteiger charge is 2.29. The lowest BCUT2D eigenvalue weighted by Crippen LogP contribution is -2.48. The van der Waals surface area contributed by atoms with Gasteiger partial charge < -0.3 is 4.42 Å². The van der Waals surface area contributed by atoms with Crippen LogP contribution in [0.2, 0.25) is 0 Å². The first kappa shape index (κ1) is 19.9. The Balaban J connectivity index is 1.22. The fourth-order valence-corrected chi connectivity index (χ4v) is 6.27. The molecule has 1 aliphatic heterocycles. The third kappa shape index (κ3) is 3.94. The van der Waals surface area contributed by atoms with Crippen molar-refractivity contribution >= 4 is 21.4 Å². The zero-order valence-electron chi connectivity index (χ0n) is 16.7. The summed E-state index contributed by atoms with van der Waals surface area (Å²) in [4.78, 5) is 3.54. The molecule has 30 heavy (non-hydrogen) atoms. The molecule has 158 valence electrons. The van der Waals surface area contributed by atoms with E-state index in [1.165, 1.54) is 17.5 Å². The summed E-state index contributed by atoms with van der Waals surface area (Å²) in [5.41, 5.74) is 2.49. The SMILES string of the molecule is O=S(=O)(c1ccc2c(c1)CCCC2)N1CCN(Cc2nnc(-c3cccs3)o2)CC1. The van der Waals surface area contributed by atoms with Crippen LogP contribution in [-0.2, 0) is 29.4 Å². The molecule has 0 radical (unpaired) electrons. The van der Waals surface area contributed by atoms with Crippen LogP contribution in [0.5, 0.6) is 0 Å². The van der Waals surface area contributed by atoms with Gasteiger partial charge >= 0.3 is 0 Å². The zero-order chi connectivity index (χ0) is 20.6. The number of hydrogen-bond acceptors (Lipinski definition) is 7. The first-order valence-corrected chi connectivity index (χ1v) is 12.6. The van der Waals surface area contributed by atoms with E-state index in [0.29, 0.717) is 49.4 Å². The minimum absolute atomic E-state index is 0.425. The van der Waals surface area contributed by atoms with Crippen LogP contribution in [0.3, 0.4) is 0 Å². The lowest BCUT2D eigenvalue weighted by molar-refractivity contribution is 0.168. The van der Waals surface area contributed by atoms with Gasteiger partial charge in [0.15, 0.2) is 0 Å². The van der Waals surface area contributed by atoms with E-state index in [-0.39, 0.29) is 0 Å². The smallest absolute Gasteiger partial charge is 0.257 e. The molecule has 2 aromatic heterocycles. The summed E-state index contributed by atoms with van der Waals surface area (Å²) in [6.45, 7) is 2.74. The van der Waals surface area contributed by atoms with E-state index in [1.807, 2.05) is 29.6 Å². The van der Waals surface area contributed by atoms with Gasteiger partial charge in [0.1, 0.15) is 0 Å². The molecular formula is C21H24N4O3S2. The van der Waals surface area contributed by atoms with E-state index in [1.54, 1.807) is 21.7 Å². The Morgan fingerprint density at radius 1 is 1.00 bits per heavy atom. The summed E-state index contributed by atoms with van der Waals surface area (Å²) in [6, 6.07) is 9.56. The lowest BCUT2D eigenvalue weighted by atomic mass is 9.92. The van der Waals surface area contributed by atoms with Crippen molar-refractivity contribution in [2.75, 3.05) is 26.2 Å². The van der Waals surface area contributed by atoms with Gasteiger partial charge in [0.2, 0.25) is 15.9 Å². The summed E-state index contributed by atoms with van der Waals surface area (Å²) in [5, 5.41) is 10.2. The van der Waals surface area contributed by atoms with Gasteiger partial charge in [0.25, 0.3) is 5.89 Å². The lowest BCUT2D eigenvalue weighted by Gasteiger charge is -2.33. The molecule has 0 unspecified atom stereocenters. The van der Waals surface area contributed by atoms with Crippen molar-refractivity contribution in [1.82, 2.24) is 19.4 Å². The van der Waals surface area contributed by atoms with E-state index >= 15 is 0 Å². The first-order valence-electron chi connectivity index (χ1n) is 10.3. The molecule has 0 N–H and O–H groups in total. The Kier molecular flexibility index (Phi) is 5.44. The minimum Gasteiger partial charge on any atom is -0.419 e. The molecule has 0 saturated carbocycles. The molecule has 3 aromatic rings. The molecule has 1 aromatic carbocycles. The second kappa shape index (κ2) is 8.22. The normalized spacial score (nSPS) is 18.4. The minimum atomic E-state index is -3.46. The first-order chi connectivity index (χ1) is 14.6. The molecule has 1 fully saturated rings. The molecular weight excluding hydrogens is 420 g/mol. The van der Waals surface area contributed by atoms with Crippen molar-refractivity contribution in [3.8, 4) is 10.8 Å². The molecule has 3 heterocycles. The highest BCUT2D eigenvalue weighted by atomic mass is 32.2. The number of fused-ring (bicyclic) bond motifs is 1. The second-order valence-corrected chi connectivity index (χ2v) is 10.7. The summed E-state index contributed by atoms with van der Waals surface area (Å²) < 4.78 is 33.6. The quantitative estimate of drug-likeness (QED) is 0.601. The van der Waals surface area contributed by atoms with Crippen molar-refractivity contribution in [2.45, 2.75) is 37.1 Å². The van der Waals surface area contributed by atoms with Gasteiger partial charge in [-0.2, -0.15) is 4.31 Å². The van der Waals surface area contributed by atoms with E-state index in [0.717, 1.165) is 24.1 Å². The van der Waals surface area contributed by atoms with Crippen molar-refractivity contribution in [3.63, 3.8) is 0 Å². The van der Waals surface area contributed by atoms with E-state index in [2.05, 4.69) is 15.1 Å². The number of benzene rings is 1. The second-order valence-electron chi connectivity index (χ2n) is 7.80.